The minimum Gasteiger partial charge on any atom is -0.451 e. The first-order valence-corrected chi connectivity index (χ1v) is 13.3. The second-order valence-corrected chi connectivity index (χ2v) is 10.2. The molecule has 1 aliphatic rings. The first-order valence-electron chi connectivity index (χ1n) is 13.3. The number of hydrogen-bond donors (Lipinski definition) is 0. The molecule has 0 spiro atoms. The molecule has 208 valence electrons. The molecule has 3 aromatic rings. The van der Waals surface area contributed by atoms with Crippen LogP contribution in [0.4, 0.5) is 10.2 Å². The highest BCUT2D eigenvalue weighted by Crippen LogP contribution is 2.33. The van der Waals surface area contributed by atoms with Crippen molar-refractivity contribution >= 4 is 17.6 Å². The van der Waals surface area contributed by atoms with Gasteiger partial charge in [0.05, 0.1) is 29.8 Å². The molecule has 10 heteroatoms. The SMILES string of the molecule is CC(C)N(C(=O)c1cc(F)ccc1Oc1cncnc1N1CCN(C(=O)Cc2ccc(C#N)cc2)CC1)C(C)C. The van der Waals surface area contributed by atoms with Gasteiger partial charge in [-0.05, 0) is 63.6 Å². The predicted molar refractivity (Wildman–Crippen MR) is 149 cm³/mol. The minimum atomic E-state index is -0.533. The Balaban J connectivity index is 1.48. The van der Waals surface area contributed by atoms with Gasteiger partial charge in [-0.25, -0.2) is 14.4 Å². The standard InChI is InChI=1S/C30H33FN6O3/c1-20(2)37(21(3)4)30(39)25-16-24(31)9-10-26(25)40-27-18-33-19-34-29(27)36-13-11-35(12-14-36)28(38)15-22-5-7-23(17-32)8-6-22/h5-10,16,18-21H,11-15H2,1-4H3. The first kappa shape index (κ1) is 28.5. The van der Waals surface area contributed by atoms with Crippen LogP contribution in [0.2, 0.25) is 0 Å². The van der Waals surface area contributed by atoms with Crippen LogP contribution in [0.25, 0.3) is 0 Å². The van der Waals surface area contributed by atoms with Crippen molar-refractivity contribution in [2.45, 2.75) is 46.2 Å². The van der Waals surface area contributed by atoms with E-state index < -0.39 is 5.82 Å². The molecule has 40 heavy (non-hydrogen) atoms. The quantitative estimate of drug-likeness (QED) is 0.413. The van der Waals surface area contributed by atoms with Crippen LogP contribution >= 0.6 is 0 Å². The fourth-order valence-electron chi connectivity index (χ4n) is 4.85. The van der Waals surface area contributed by atoms with E-state index in [0.29, 0.717) is 43.3 Å². The predicted octanol–water partition coefficient (Wildman–Crippen LogP) is 4.43. The van der Waals surface area contributed by atoms with Crippen molar-refractivity contribution in [1.29, 1.82) is 5.26 Å². The van der Waals surface area contributed by atoms with Gasteiger partial charge in [-0.1, -0.05) is 12.1 Å². The van der Waals surface area contributed by atoms with E-state index in [0.717, 1.165) is 5.56 Å². The van der Waals surface area contributed by atoms with E-state index in [1.165, 1.54) is 30.7 Å². The number of carbonyl (C=O) groups is 2. The maximum Gasteiger partial charge on any atom is 0.258 e. The summed E-state index contributed by atoms with van der Waals surface area (Å²) < 4.78 is 20.4. The van der Waals surface area contributed by atoms with E-state index in [1.54, 1.807) is 34.1 Å². The van der Waals surface area contributed by atoms with Gasteiger partial charge in [-0.15, -0.1) is 0 Å². The molecule has 1 saturated heterocycles. The molecule has 0 unspecified atom stereocenters. The summed E-state index contributed by atoms with van der Waals surface area (Å²) in [6, 6.07) is 12.8. The van der Waals surface area contributed by atoms with Gasteiger partial charge in [0.2, 0.25) is 5.91 Å². The summed E-state index contributed by atoms with van der Waals surface area (Å²) in [5.74, 6) is 0.229. The van der Waals surface area contributed by atoms with Crippen LogP contribution in [0.5, 0.6) is 11.5 Å². The fourth-order valence-corrected chi connectivity index (χ4v) is 4.85. The normalized spacial score (nSPS) is 13.3. The van der Waals surface area contributed by atoms with Crippen LogP contribution in [0, 0.1) is 17.1 Å². The minimum absolute atomic E-state index is 0.0119. The molecule has 0 radical (unpaired) electrons. The summed E-state index contributed by atoms with van der Waals surface area (Å²) in [5.41, 5.74) is 1.54. The van der Waals surface area contributed by atoms with Crippen LogP contribution in [0.15, 0.2) is 55.0 Å². The van der Waals surface area contributed by atoms with E-state index >= 15 is 0 Å². The smallest absolute Gasteiger partial charge is 0.258 e. The number of nitriles is 1. The Bertz CT molecular complexity index is 1390. The molecule has 0 bridgehead atoms. The third-order valence-corrected chi connectivity index (χ3v) is 6.77. The third-order valence-electron chi connectivity index (χ3n) is 6.77. The van der Waals surface area contributed by atoms with Crippen molar-refractivity contribution < 1.29 is 18.7 Å². The number of anilines is 1. The zero-order valence-electron chi connectivity index (χ0n) is 23.2. The number of piperazine rings is 1. The van der Waals surface area contributed by atoms with Crippen LogP contribution in [0.3, 0.4) is 0 Å². The lowest BCUT2D eigenvalue weighted by molar-refractivity contribution is -0.130. The monoisotopic (exact) mass is 544 g/mol. The Hall–Kier alpha value is -4.52. The van der Waals surface area contributed by atoms with Gasteiger partial charge in [-0.2, -0.15) is 5.26 Å². The highest BCUT2D eigenvalue weighted by atomic mass is 19.1. The highest BCUT2D eigenvalue weighted by molar-refractivity contribution is 5.97. The Kier molecular flexibility index (Phi) is 8.94. The lowest BCUT2D eigenvalue weighted by Crippen LogP contribution is -2.49. The molecule has 1 aromatic heterocycles. The summed E-state index contributed by atoms with van der Waals surface area (Å²) in [5, 5.41) is 8.97. The lowest BCUT2D eigenvalue weighted by Gasteiger charge is -2.36. The summed E-state index contributed by atoms with van der Waals surface area (Å²) in [6.45, 7) is 9.69. The highest BCUT2D eigenvalue weighted by Gasteiger charge is 2.27. The Morgan fingerprint density at radius 1 is 1.02 bits per heavy atom. The fraction of sp³-hybridized carbons (Fsp3) is 0.367. The van der Waals surface area contributed by atoms with Crippen molar-refractivity contribution in [1.82, 2.24) is 19.8 Å². The Morgan fingerprint density at radius 2 is 1.70 bits per heavy atom. The van der Waals surface area contributed by atoms with Gasteiger partial charge in [0.25, 0.3) is 5.91 Å². The molecule has 1 aliphatic heterocycles. The van der Waals surface area contributed by atoms with E-state index in [9.17, 15) is 14.0 Å². The molecule has 0 N–H and O–H groups in total. The van der Waals surface area contributed by atoms with Crippen molar-refractivity contribution in [2.24, 2.45) is 0 Å². The van der Waals surface area contributed by atoms with Crippen LogP contribution < -0.4 is 9.64 Å². The maximum atomic E-state index is 14.3. The molecule has 1 fully saturated rings. The molecule has 4 rings (SSSR count). The molecule has 0 saturated carbocycles. The number of aromatic nitrogens is 2. The number of halogens is 1. The van der Waals surface area contributed by atoms with Gasteiger partial charge in [0, 0.05) is 38.3 Å². The first-order chi connectivity index (χ1) is 19.2. The summed E-state index contributed by atoms with van der Waals surface area (Å²) in [7, 11) is 0. The van der Waals surface area contributed by atoms with Gasteiger partial charge in [0.1, 0.15) is 17.9 Å². The molecule has 2 aromatic carbocycles. The topological polar surface area (TPSA) is 103 Å². The largest absolute Gasteiger partial charge is 0.451 e. The van der Waals surface area contributed by atoms with E-state index in [4.69, 9.17) is 10.00 Å². The third kappa shape index (κ3) is 6.54. The van der Waals surface area contributed by atoms with Gasteiger partial charge in [0.15, 0.2) is 11.6 Å². The average Bonchev–Trinajstić information content (AvgIpc) is 2.94. The lowest BCUT2D eigenvalue weighted by atomic mass is 10.1. The summed E-state index contributed by atoms with van der Waals surface area (Å²) in [6.07, 6.45) is 3.20. The number of hydrogen-bond acceptors (Lipinski definition) is 7. The molecule has 2 amide bonds. The number of rotatable bonds is 8. The average molecular weight is 545 g/mol. The molecule has 9 nitrogen and oxygen atoms in total. The maximum absolute atomic E-state index is 14.3. The van der Waals surface area contributed by atoms with Crippen molar-refractivity contribution in [3.05, 3.63) is 77.5 Å². The van der Waals surface area contributed by atoms with Crippen molar-refractivity contribution in [3.63, 3.8) is 0 Å². The van der Waals surface area contributed by atoms with E-state index in [1.807, 2.05) is 32.6 Å². The Labute approximate surface area is 233 Å². The van der Waals surface area contributed by atoms with Crippen LogP contribution in [0.1, 0.15) is 49.2 Å². The number of nitrogens with zero attached hydrogens (tertiary/aromatic N) is 6. The van der Waals surface area contributed by atoms with Gasteiger partial charge in [-0.3, -0.25) is 9.59 Å². The van der Waals surface area contributed by atoms with Gasteiger partial charge >= 0.3 is 0 Å². The Morgan fingerprint density at radius 3 is 2.33 bits per heavy atom. The second-order valence-electron chi connectivity index (χ2n) is 10.2. The molecular formula is C30H33FN6O3. The van der Waals surface area contributed by atoms with E-state index in [2.05, 4.69) is 16.0 Å². The zero-order chi connectivity index (χ0) is 28.8. The number of amides is 2. The summed E-state index contributed by atoms with van der Waals surface area (Å²) >= 11 is 0. The molecule has 0 atom stereocenters. The molecule has 2 heterocycles. The zero-order valence-corrected chi connectivity index (χ0v) is 23.2. The summed E-state index contributed by atoms with van der Waals surface area (Å²) in [4.78, 5) is 40.3. The van der Waals surface area contributed by atoms with Crippen molar-refractivity contribution in [3.8, 4) is 17.6 Å². The van der Waals surface area contributed by atoms with Crippen LogP contribution in [-0.4, -0.2) is 69.8 Å². The number of carbonyl (C=O) groups excluding carboxylic acids is 2. The number of benzene rings is 2. The number of ether oxygens (including phenoxy) is 1. The van der Waals surface area contributed by atoms with Crippen LogP contribution in [-0.2, 0) is 11.2 Å². The van der Waals surface area contributed by atoms with Gasteiger partial charge < -0.3 is 19.4 Å². The molecular weight excluding hydrogens is 511 g/mol. The second kappa shape index (κ2) is 12.6. The van der Waals surface area contributed by atoms with Crippen molar-refractivity contribution in [2.75, 3.05) is 31.1 Å². The van der Waals surface area contributed by atoms with E-state index in [-0.39, 0.29) is 41.6 Å². The molecule has 0 aliphatic carbocycles.